The normalized spacial score (nSPS) is 12.1. The molecule has 0 atom stereocenters. The van der Waals surface area contributed by atoms with Crippen LogP contribution in [0.2, 0.25) is 0 Å². The molecule has 0 aliphatic rings. The topological polar surface area (TPSA) is 105 Å². The fourth-order valence-electron chi connectivity index (χ4n) is 1.26. The standard InChI is InChI=1S/C8H9N3O4S/c12-5-4-9-16(13,14)7-3-1-2-6-8(7)11-15-10-6/h1-3,9,12H,4-5H2. The van der Waals surface area contributed by atoms with Crippen LogP contribution in [0.15, 0.2) is 27.7 Å². The summed E-state index contributed by atoms with van der Waals surface area (Å²) in [6.07, 6.45) is 0. The maximum absolute atomic E-state index is 11.8. The Hall–Kier alpha value is -1.51. The lowest BCUT2D eigenvalue weighted by Gasteiger charge is -2.04. The van der Waals surface area contributed by atoms with Gasteiger partial charge in [-0.15, -0.1) is 0 Å². The van der Waals surface area contributed by atoms with Crippen molar-refractivity contribution in [1.29, 1.82) is 0 Å². The number of fused-ring (bicyclic) bond motifs is 1. The zero-order chi connectivity index (χ0) is 11.6. The largest absolute Gasteiger partial charge is 0.395 e. The summed E-state index contributed by atoms with van der Waals surface area (Å²) in [5.74, 6) is 0. The highest BCUT2D eigenvalue weighted by molar-refractivity contribution is 7.89. The predicted molar refractivity (Wildman–Crippen MR) is 54.1 cm³/mol. The number of aromatic nitrogens is 2. The van der Waals surface area contributed by atoms with Crippen LogP contribution in [0.1, 0.15) is 0 Å². The van der Waals surface area contributed by atoms with E-state index in [-0.39, 0.29) is 23.6 Å². The first-order chi connectivity index (χ1) is 7.65. The van der Waals surface area contributed by atoms with Crippen LogP contribution in [-0.2, 0) is 10.0 Å². The van der Waals surface area contributed by atoms with Crippen molar-refractivity contribution >= 4 is 21.1 Å². The number of sulfonamides is 1. The van der Waals surface area contributed by atoms with E-state index in [9.17, 15) is 8.42 Å². The van der Waals surface area contributed by atoms with E-state index >= 15 is 0 Å². The molecular weight excluding hydrogens is 234 g/mol. The highest BCUT2D eigenvalue weighted by Gasteiger charge is 2.19. The molecule has 0 saturated carbocycles. The van der Waals surface area contributed by atoms with Gasteiger partial charge in [0.25, 0.3) is 0 Å². The van der Waals surface area contributed by atoms with Crippen LogP contribution in [0.4, 0.5) is 0 Å². The lowest BCUT2D eigenvalue weighted by molar-refractivity contribution is 0.301. The molecule has 0 bridgehead atoms. The number of aliphatic hydroxyl groups is 1. The molecule has 2 N–H and O–H groups in total. The van der Waals surface area contributed by atoms with Crippen molar-refractivity contribution in [3.8, 4) is 0 Å². The molecule has 0 spiro atoms. The number of nitrogens with one attached hydrogen (secondary N) is 1. The third-order valence-corrected chi connectivity index (χ3v) is 3.44. The van der Waals surface area contributed by atoms with E-state index in [4.69, 9.17) is 5.11 Å². The molecule has 0 fully saturated rings. The van der Waals surface area contributed by atoms with Gasteiger partial charge in [-0.05, 0) is 22.4 Å². The third-order valence-electron chi connectivity index (χ3n) is 1.94. The van der Waals surface area contributed by atoms with E-state index in [0.29, 0.717) is 5.52 Å². The molecule has 1 aromatic carbocycles. The first kappa shape index (κ1) is 11.0. The van der Waals surface area contributed by atoms with Gasteiger partial charge in [-0.3, -0.25) is 0 Å². The van der Waals surface area contributed by atoms with E-state index in [1.165, 1.54) is 6.07 Å². The summed E-state index contributed by atoms with van der Waals surface area (Å²) in [6.45, 7) is -0.323. The Morgan fingerprint density at radius 3 is 2.94 bits per heavy atom. The Morgan fingerprint density at radius 2 is 2.19 bits per heavy atom. The number of rotatable bonds is 4. The molecule has 8 heteroatoms. The van der Waals surface area contributed by atoms with E-state index < -0.39 is 10.0 Å². The molecule has 1 heterocycles. The molecular formula is C8H9N3O4S. The van der Waals surface area contributed by atoms with Crippen LogP contribution in [0.25, 0.3) is 11.0 Å². The Bertz CT molecular complexity index is 592. The van der Waals surface area contributed by atoms with Gasteiger partial charge < -0.3 is 5.11 Å². The zero-order valence-corrected chi connectivity index (χ0v) is 8.94. The number of hydrogen-bond acceptors (Lipinski definition) is 6. The summed E-state index contributed by atoms with van der Waals surface area (Å²) in [5.41, 5.74) is 0.541. The van der Waals surface area contributed by atoms with Crippen LogP contribution in [0.5, 0.6) is 0 Å². The SMILES string of the molecule is O=S(=O)(NCCO)c1cccc2nonc12. The second kappa shape index (κ2) is 4.16. The van der Waals surface area contributed by atoms with Gasteiger partial charge in [0.2, 0.25) is 10.0 Å². The molecule has 2 rings (SSSR count). The summed E-state index contributed by atoms with van der Waals surface area (Å²) in [4.78, 5) is -0.0142. The van der Waals surface area contributed by atoms with Crippen LogP contribution in [0.3, 0.4) is 0 Å². The van der Waals surface area contributed by atoms with E-state index in [2.05, 4.69) is 19.7 Å². The third kappa shape index (κ3) is 1.90. The quantitative estimate of drug-likeness (QED) is 0.749. The van der Waals surface area contributed by atoms with Crippen molar-refractivity contribution in [2.24, 2.45) is 0 Å². The Labute approximate surface area is 91.1 Å². The monoisotopic (exact) mass is 243 g/mol. The van der Waals surface area contributed by atoms with Crippen LogP contribution >= 0.6 is 0 Å². The van der Waals surface area contributed by atoms with Gasteiger partial charge in [-0.25, -0.2) is 17.8 Å². The first-order valence-corrected chi connectivity index (χ1v) is 5.95. The fraction of sp³-hybridized carbons (Fsp3) is 0.250. The van der Waals surface area contributed by atoms with Crippen LogP contribution < -0.4 is 4.72 Å². The van der Waals surface area contributed by atoms with Crippen molar-refractivity contribution in [3.63, 3.8) is 0 Å². The summed E-state index contributed by atoms with van der Waals surface area (Å²) in [5, 5.41) is 15.6. The van der Waals surface area contributed by atoms with Crippen molar-refractivity contribution in [1.82, 2.24) is 15.0 Å². The van der Waals surface area contributed by atoms with E-state index in [1.807, 2.05) is 0 Å². The second-order valence-electron chi connectivity index (χ2n) is 3.01. The van der Waals surface area contributed by atoms with Gasteiger partial charge in [0, 0.05) is 6.54 Å². The molecule has 0 aliphatic carbocycles. The summed E-state index contributed by atoms with van der Waals surface area (Å²) >= 11 is 0. The van der Waals surface area contributed by atoms with Gasteiger partial charge in [0.15, 0.2) is 5.52 Å². The second-order valence-corrected chi connectivity index (χ2v) is 4.74. The van der Waals surface area contributed by atoms with Crippen LogP contribution in [0, 0.1) is 0 Å². The van der Waals surface area contributed by atoms with Crippen molar-refractivity contribution in [3.05, 3.63) is 18.2 Å². The van der Waals surface area contributed by atoms with Gasteiger partial charge in [0.1, 0.15) is 10.4 Å². The minimum absolute atomic E-state index is 0.0142. The van der Waals surface area contributed by atoms with E-state index in [1.54, 1.807) is 12.1 Å². The molecule has 1 aromatic heterocycles. The average molecular weight is 243 g/mol. The smallest absolute Gasteiger partial charge is 0.243 e. The van der Waals surface area contributed by atoms with Crippen LogP contribution in [-0.4, -0.2) is 37.0 Å². The van der Waals surface area contributed by atoms with E-state index in [0.717, 1.165) is 0 Å². The van der Waals surface area contributed by atoms with Gasteiger partial charge in [-0.2, -0.15) is 0 Å². The van der Waals surface area contributed by atoms with Gasteiger partial charge >= 0.3 is 0 Å². The summed E-state index contributed by atoms with van der Waals surface area (Å²) in [6, 6.07) is 4.53. The minimum atomic E-state index is -3.69. The van der Waals surface area contributed by atoms with Crippen molar-refractivity contribution in [2.45, 2.75) is 4.90 Å². The predicted octanol–water partition coefficient (Wildman–Crippen LogP) is -0.507. The number of benzene rings is 1. The molecule has 0 amide bonds. The maximum atomic E-state index is 11.8. The highest BCUT2D eigenvalue weighted by atomic mass is 32.2. The number of nitrogens with zero attached hydrogens (tertiary/aromatic N) is 2. The highest BCUT2D eigenvalue weighted by Crippen LogP contribution is 2.18. The Kier molecular flexibility index (Phi) is 2.86. The molecule has 0 unspecified atom stereocenters. The Morgan fingerprint density at radius 1 is 1.38 bits per heavy atom. The Balaban J connectivity index is 2.50. The lowest BCUT2D eigenvalue weighted by atomic mass is 10.3. The van der Waals surface area contributed by atoms with Crippen molar-refractivity contribution in [2.75, 3.05) is 13.2 Å². The summed E-state index contributed by atoms with van der Waals surface area (Å²) < 4.78 is 30.2. The first-order valence-electron chi connectivity index (χ1n) is 4.47. The van der Waals surface area contributed by atoms with Crippen molar-refractivity contribution < 1.29 is 18.2 Å². The number of hydrogen-bond donors (Lipinski definition) is 2. The molecule has 0 aliphatic heterocycles. The molecule has 16 heavy (non-hydrogen) atoms. The molecule has 2 aromatic rings. The summed E-state index contributed by atoms with van der Waals surface area (Å²) in [7, 11) is -3.69. The van der Waals surface area contributed by atoms with Gasteiger partial charge in [-0.1, -0.05) is 6.07 Å². The maximum Gasteiger partial charge on any atom is 0.243 e. The minimum Gasteiger partial charge on any atom is -0.395 e. The lowest BCUT2D eigenvalue weighted by Crippen LogP contribution is -2.26. The average Bonchev–Trinajstić information content (AvgIpc) is 2.73. The molecule has 0 radical (unpaired) electrons. The van der Waals surface area contributed by atoms with Gasteiger partial charge in [0.05, 0.1) is 6.61 Å². The molecule has 0 saturated heterocycles. The number of aliphatic hydroxyl groups excluding tert-OH is 1. The molecule has 86 valence electrons. The molecule has 7 nitrogen and oxygen atoms in total. The fourth-order valence-corrected chi connectivity index (χ4v) is 2.43. The zero-order valence-electron chi connectivity index (χ0n) is 8.12.